The monoisotopic (exact) mass is 338 g/mol. The van der Waals surface area contributed by atoms with E-state index in [0.717, 1.165) is 23.4 Å². The van der Waals surface area contributed by atoms with Crippen molar-refractivity contribution in [2.24, 2.45) is 5.92 Å². The van der Waals surface area contributed by atoms with Crippen LogP contribution in [-0.4, -0.2) is 51.6 Å². The summed E-state index contributed by atoms with van der Waals surface area (Å²) in [6.07, 6.45) is 3.24. The molecule has 6 nitrogen and oxygen atoms in total. The van der Waals surface area contributed by atoms with Crippen LogP contribution >= 0.6 is 0 Å². The minimum atomic E-state index is -3.16. The van der Waals surface area contributed by atoms with E-state index in [1.54, 1.807) is 7.11 Å². The summed E-state index contributed by atoms with van der Waals surface area (Å²) in [5.41, 5.74) is 2.09. The molecule has 1 aromatic rings. The number of rotatable bonds is 3. The van der Waals surface area contributed by atoms with Crippen molar-refractivity contribution in [3.05, 3.63) is 23.8 Å². The molecule has 0 spiro atoms. The van der Waals surface area contributed by atoms with E-state index in [-0.39, 0.29) is 11.8 Å². The maximum Gasteiger partial charge on any atom is 0.230 e. The largest absolute Gasteiger partial charge is 0.497 e. The molecule has 2 heterocycles. The fourth-order valence-electron chi connectivity index (χ4n) is 3.39. The summed E-state index contributed by atoms with van der Waals surface area (Å²) < 4.78 is 29.8. The van der Waals surface area contributed by atoms with Gasteiger partial charge in [-0.3, -0.25) is 4.79 Å². The quantitative estimate of drug-likeness (QED) is 0.832. The average Bonchev–Trinajstić information content (AvgIpc) is 2.96. The van der Waals surface area contributed by atoms with Crippen LogP contribution in [0.4, 0.5) is 5.69 Å². The maximum atomic E-state index is 12.8. The Kier molecular flexibility index (Phi) is 4.33. The Balaban J connectivity index is 1.70. The Bertz CT molecular complexity index is 709. The van der Waals surface area contributed by atoms with Gasteiger partial charge in [0.25, 0.3) is 0 Å². The molecule has 2 aliphatic heterocycles. The van der Waals surface area contributed by atoms with Crippen LogP contribution < -0.4 is 9.64 Å². The number of sulfonamides is 1. The Labute approximate surface area is 137 Å². The summed E-state index contributed by atoms with van der Waals surface area (Å²) in [7, 11) is -1.52. The molecular weight excluding hydrogens is 316 g/mol. The van der Waals surface area contributed by atoms with E-state index >= 15 is 0 Å². The number of anilines is 1. The standard InChI is InChI=1S/C16H22N2O4S/c1-22-14-3-4-15-13(11-14)7-10-18(15)16(19)12-5-8-17(9-6-12)23(2,20)21/h3-4,11-12H,5-10H2,1-2H3. The highest BCUT2D eigenvalue weighted by atomic mass is 32.2. The number of benzene rings is 1. The summed E-state index contributed by atoms with van der Waals surface area (Å²) in [5.74, 6) is 0.822. The summed E-state index contributed by atoms with van der Waals surface area (Å²) in [4.78, 5) is 14.6. The van der Waals surface area contributed by atoms with Crippen LogP contribution in [0.25, 0.3) is 0 Å². The molecule has 0 radical (unpaired) electrons. The van der Waals surface area contributed by atoms with E-state index in [4.69, 9.17) is 4.74 Å². The molecule has 2 aliphatic rings. The first-order valence-corrected chi connectivity index (χ1v) is 9.68. The number of ether oxygens (including phenoxy) is 1. The summed E-state index contributed by atoms with van der Waals surface area (Å²) in [5, 5.41) is 0. The zero-order valence-electron chi connectivity index (χ0n) is 13.5. The van der Waals surface area contributed by atoms with Gasteiger partial charge in [-0.2, -0.15) is 0 Å². The molecule has 1 saturated heterocycles. The molecule has 3 rings (SSSR count). The molecule has 1 aromatic carbocycles. The Morgan fingerprint density at radius 3 is 2.52 bits per heavy atom. The first kappa shape index (κ1) is 16.3. The molecule has 0 N–H and O–H groups in total. The lowest BCUT2D eigenvalue weighted by atomic mass is 9.96. The second-order valence-corrected chi connectivity index (χ2v) is 8.15. The molecular formula is C16H22N2O4S. The summed E-state index contributed by atoms with van der Waals surface area (Å²) >= 11 is 0. The van der Waals surface area contributed by atoms with Crippen LogP contribution in [0.1, 0.15) is 18.4 Å². The number of amides is 1. The molecule has 1 amide bonds. The van der Waals surface area contributed by atoms with Crippen molar-refractivity contribution in [1.82, 2.24) is 4.31 Å². The lowest BCUT2D eigenvalue weighted by Crippen LogP contribution is -2.43. The molecule has 126 valence electrons. The van der Waals surface area contributed by atoms with Crippen molar-refractivity contribution in [3.8, 4) is 5.75 Å². The SMILES string of the molecule is COc1ccc2c(c1)CCN2C(=O)C1CCN(S(C)(=O)=O)CC1. The zero-order valence-corrected chi connectivity index (χ0v) is 14.3. The van der Waals surface area contributed by atoms with Gasteiger partial charge in [0.2, 0.25) is 15.9 Å². The van der Waals surface area contributed by atoms with Crippen molar-refractivity contribution in [1.29, 1.82) is 0 Å². The zero-order chi connectivity index (χ0) is 16.6. The first-order valence-electron chi connectivity index (χ1n) is 7.83. The van der Waals surface area contributed by atoms with Gasteiger partial charge < -0.3 is 9.64 Å². The van der Waals surface area contributed by atoms with Gasteiger partial charge in [0.05, 0.1) is 13.4 Å². The second-order valence-electron chi connectivity index (χ2n) is 6.17. The highest BCUT2D eigenvalue weighted by Gasteiger charge is 2.34. The Morgan fingerprint density at radius 2 is 1.91 bits per heavy atom. The number of hydrogen-bond donors (Lipinski definition) is 0. The number of piperidine rings is 1. The van der Waals surface area contributed by atoms with E-state index in [0.29, 0.717) is 32.5 Å². The minimum Gasteiger partial charge on any atom is -0.497 e. The first-order chi connectivity index (χ1) is 10.9. The molecule has 23 heavy (non-hydrogen) atoms. The van der Waals surface area contributed by atoms with Gasteiger partial charge in [-0.15, -0.1) is 0 Å². The maximum absolute atomic E-state index is 12.8. The van der Waals surface area contributed by atoms with Gasteiger partial charge in [0, 0.05) is 31.2 Å². The fourth-order valence-corrected chi connectivity index (χ4v) is 4.26. The number of carbonyl (C=O) groups is 1. The molecule has 0 atom stereocenters. The Hall–Kier alpha value is -1.60. The lowest BCUT2D eigenvalue weighted by molar-refractivity contribution is -0.123. The molecule has 0 aromatic heterocycles. The van der Waals surface area contributed by atoms with Crippen LogP contribution in [-0.2, 0) is 21.2 Å². The number of methoxy groups -OCH3 is 1. The predicted molar refractivity (Wildman–Crippen MR) is 88.2 cm³/mol. The lowest BCUT2D eigenvalue weighted by Gasteiger charge is -2.31. The average molecular weight is 338 g/mol. The molecule has 1 fully saturated rings. The second kappa shape index (κ2) is 6.13. The van der Waals surface area contributed by atoms with Crippen LogP contribution in [0, 0.1) is 5.92 Å². The van der Waals surface area contributed by atoms with Gasteiger partial charge in [-0.25, -0.2) is 12.7 Å². The van der Waals surface area contributed by atoms with Crippen molar-refractivity contribution >= 4 is 21.6 Å². The molecule has 7 heteroatoms. The normalized spacial score (nSPS) is 19.7. The van der Waals surface area contributed by atoms with Gasteiger partial charge >= 0.3 is 0 Å². The van der Waals surface area contributed by atoms with Gasteiger partial charge in [0.1, 0.15) is 5.75 Å². The van der Waals surface area contributed by atoms with Crippen LogP contribution in [0.5, 0.6) is 5.75 Å². The summed E-state index contributed by atoms with van der Waals surface area (Å²) in [6.45, 7) is 1.55. The number of nitrogens with zero attached hydrogens (tertiary/aromatic N) is 2. The van der Waals surface area contributed by atoms with Gasteiger partial charge in [-0.1, -0.05) is 0 Å². The topological polar surface area (TPSA) is 66.9 Å². The minimum absolute atomic E-state index is 0.0962. The van der Waals surface area contributed by atoms with Gasteiger partial charge in [-0.05, 0) is 43.0 Å². The third-order valence-corrected chi connectivity index (χ3v) is 6.02. The van der Waals surface area contributed by atoms with Crippen LogP contribution in [0.2, 0.25) is 0 Å². The van der Waals surface area contributed by atoms with Crippen molar-refractivity contribution in [2.75, 3.05) is 37.9 Å². The van der Waals surface area contributed by atoms with E-state index < -0.39 is 10.0 Å². The molecule has 0 bridgehead atoms. The van der Waals surface area contributed by atoms with E-state index in [9.17, 15) is 13.2 Å². The highest BCUT2D eigenvalue weighted by molar-refractivity contribution is 7.88. The number of fused-ring (bicyclic) bond motifs is 1. The van der Waals surface area contributed by atoms with Gasteiger partial charge in [0.15, 0.2) is 0 Å². The third kappa shape index (κ3) is 3.21. The molecule has 0 unspecified atom stereocenters. The number of hydrogen-bond acceptors (Lipinski definition) is 4. The Morgan fingerprint density at radius 1 is 1.22 bits per heavy atom. The van der Waals surface area contributed by atoms with Crippen molar-refractivity contribution < 1.29 is 17.9 Å². The van der Waals surface area contributed by atoms with E-state index in [1.165, 1.54) is 10.6 Å². The van der Waals surface area contributed by atoms with Crippen molar-refractivity contribution in [3.63, 3.8) is 0 Å². The third-order valence-electron chi connectivity index (χ3n) is 4.72. The van der Waals surface area contributed by atoms with Crippen molar-refractivity contribution in [2.45, 2.75) is 19.3 Å². The van der Waals surface area contributed by atoms with Crippen LogP contribution in [0.15, 0.2) is 18.2 Å². The predicted octanol–water partition coefficient (Wildman–Crippen LogP) is 1.26. The smallest absolute Gasteiger partial charge is 0.230 e. The van der Waals surface area contributed by atoms with E-state index in [1.807, 2.05) is 23.1 Å². The molecule has 0 aliphatic carbocycles. The van der Waals surface area contributed by atoms with E-state index in [2.05, 4.69) is 0 Å². The summed E-state index contributed by atoms with van der Waals surface area (Å²) in [6, 6.07) is 5.79. The highest BCUT2D eigenvalue weighted by Crippen LogP contribution is 2.33. The number of carbonyl (C=O) groups excluding carboxylic acids is 1. The molecule has 0 saturated carbocycles. The fraction of sp³-hybridized carbons (Fsp3) is 0.562. The van der Waals surface area contributed by atoms with Crippen LogP contribution in [0.3, 0.4) is 0 Å².